The molecule has 0 aromatic heterocycles. The Bertz CT molecular complexity index is 598. The van der Waals surface area contributed by atoms with E-state index in [0.717, 1.165) is 49.0 Å². The highest BCUT2D eigenvalue weighted by Gasteiger charge is 2.32. The summed E-state index contributed by atoms with van der Waals surface area (Å²) < 4.78 is 42.6. The molecule has 132 valence electrons. The Morgan fingerprint density at radius 2 is 2.04 bits per heavy atom. The van der Waals surface area contributed by atoms with Gasteiger partial charge < -0.3 is 15.0 Å². The van der Waals surface area contributed by atoms with Gasteiger partial charge in [-0.3, -0.25) is 0 Å². The minimum absolute atomic E-state index is 0.00254. The van der Waals surface area contributed by atoms with Crippen LogP contribution in [0.15, 0.2) is 18.2 Å². The topological polar surface area (TPSA) is 41.6 Å². The van der Waals surface area contributed by atoms with Crippen molar-refractivity contribution < 1.29 is 22.7 Å². The number of benzene rings is 1. The van der Waals surface area contributed by atoms with Gasteiger partial charge in [0, 0.05) is 19.0 Å². The number of hydrogen-bond donors (Lipinski definition) is 1. The molecule has 0 saturated heterocycles. The first-order valence-electron chi connectivity index (χ1n) is 8.28. The van der Waals surface area contributed by atoms with Crippen molar-refractivity contribution in [3.8, 4) is 5.75 Å². The zero-order valence-electron chi connectivity index (χ0n) is 13.4. The summed E-state index contributed by atoms with van der Waals surface area (Å²) in [5.74, 6) is 0.854. The number of fused-ring (bicyclic) bond motifs is 1. The standard InChI is InChI=1S/C17H21F3N2O2/c18-17(19,20)11-21-16(23)22(14-3-1-2-4-14)10-12-5-6-15-13(9-12)7-8-24-15/h5-6,9,14H,1-4,7-8,10-11H2,(H,21,23). The maximum atomic E-state index is 12.4. The lowest BCUT2D eigenvalue weighted by atomic mass is 10.1. The number of ether oxygens (including phenoxy) is 1. The van der Waals surface area contributed by atoms with Gasteiger partial charge in [-0.2, -0.15) is 13.2 Å². The molecular weight excluding hydrogens is 321 g/mol. The minimum atomic E-state index is -4.40. The third-order valence-electron chi connectivity index (χ3n) is 4.57. The van der Waals surface area contributed by atoms with Crippen LogP contribution in [0.1, 0.15) is 36.8 Å². The summed E-state index contributed by atoms with van der Waals surface area (Å²) in [5.41, 5.74) is 2.02. The average molecular weight is 342 g/mol. The molecule has 2 amide bonds. The summed E-state index contributed by atoms with van der Waals surface area (Å²) >= 11 is 0. The fraction of sp³-hybridized carbons (Fsp3) is 0.588. The lowest BCUT2D eigenvalue weighted by Crippen LogP contribution is -2.47. The fourth-order valence-electron chi connectivity index (χ4n) is 3.40. The monoisotopic (exact) mass is 342 g/mol. The van der Waals surface area contributed by atoms with Gasteiger partial charge in [0.15, 0.2) is 0 Å². The van der Waals surface area contributed by atoms with Gasteiger partial charge in [0.25, 0.3) is 0 Å². The quantitative estimate of drug-likeness (QED) is 0.908. The van der Waals surface area contributed by atoms with E-state index in [4.69, 9.17) is 4.74 Å². The second-order valence-electron chi connectivity index (χ2n) is 6.38. The van der Waals surface area contributed by atoms with Crippen molar-refractivity contribution in [1.82, 2.24) is 10.2 Å². The van der Waals surface area contributed by atoms with Crippen LogP contribution < -0.4 is 10.1 Å². The Balaban J connectivity index is 1.71. The molecule has 7 heteroatoms. The molecular formula is C17H21F3N2O2. The summed E-state index contributed by atoms with van der Waals surface area (Å²) in [6, 6.07) is 5.10. The molecule has 0 bridgehead atoms. The molecule has 1 heterocycles. The molecule has 3 rings (SSSR count). The van der Waals surface area contributed by atoms with Crippen molar-refractivity contribution >= 4 is 6.03 Å². The molecule has 1 aliphatic carbocycles. The van der Waals surface area contributed by atoms with E-state index in [-0.39, 0.29) is 6.04 Å². The molecule has 0 spiro atoms. The molecule has 2 aliphatic rings. The second kappa shape index (κ2) is 6.91. The number of carbonyl (C=O) groups is 1. The number of hydrogen-bond acceptors (Lipinski definition) is 2. The Hall–Kier alpha value is -1.92. The largest absolute Gasteiger partial charge is 0.493 e. The maximum Gasteiger partial charge on any atom is 0.405 e. The van der Waals surface area contributed by atoms with Crippen molar-refractivity contribution in [3.63, 3.8) is 0 Å². The Morgan fingerprint density at radius 1 is 1.29 bits per heavy atom. The number of nitrogens with zero attached hydrogens (tertiary/aromatic N) is 1. The van der Waals surface area contributed by atoms with Gasteiger partial charge in [-0.15, -0.1) is 0 Å². The number of amides is 2. The molecule has 1 fully saturated rings. The fourth-order valence-corrected chi connectivity index (χ4v) is 3.40. The summed E-state index contributed by atoms with van der Waals surface area (Å²) in [5, 5.41) is 2.01. The van der Waals surface area contributed by atoms with Gasteiger partial charge >= 0.3 is 12.2 Å². The third kappa shape index (κ3) is 4.13. The van der Waals surface area contributed by atoms with Crippen LogP contribution in [0.25, 0.3) is 0 Å². The van der Waals surface area contributed by atoms with E-state index >= 15 is 0 Å². The maximum absolute atomic E-state index is 12.4. The summed E-state index contributed by atoms with van der Waals surface area (Å²) in [4.78, 5) is 13.9. The van der Waals surface area contributed by atoms with Crippen LogP contribution in [0.2, 0.25) is 0 Å². The van der Waals surface area contributed by atoms with Crippen LogP contribution in [-0.4, -0.2) is 36.3 Å². The normalized spacial score (nSPS) is 17.5. The van der Waals surface area contributed by atoms with Gasteiger partial charge in [-0.05, 0) is 30.0 Å². The smallest absolute Gasteiger partial charge is 0.405 e. The number of halogens is 3. The third-order valence-corrected chi connectivity index (χ3v) is 4.57. The molecule has 0 atom stereocenters. The lowest BCUT2D eigenvalue weighted by molar-refractivity contribution is -0.123. The van der Waals surface area contributed by atoms with Gasteiger partial charge in [0.1, 0.15) is 12.3 Å². The molecule has 1 aliphatic heterocycles. The predicted molar refractivity (Wildman–Crippen MR) is 82.9 cm³/mol. The first-order valence-corrected chi connectivity index (χ1v) is 8.28. The van der Waals surface area contributed by atoms with Crippen LogP contribution in [0.5, 0.6) is 5.75 Å². The average Bonchev–Trinajstić information content (AvgIpc) is 3.20. The van der Waals surface area contributed by atoms with Crippen LogP contribution in [0, 0.1) is 0 Å². The number of carbonyl (C=O) groups excluding carboxylic acids is 1. The first-order chi connectivity index (χ1) is 11.4. The van der Waals surface area contributed by atoms with E-state index in [9.17, 15) is 18.0 Å². The van der Waals surface area contributed by atoms with E-state index in [1.165, 1.54) is 0 Å². The highest BCUT2D eigenvalue weighted by atomic mass is 19.4. The SMILES string of the molecule is O=C(NCC(F)(F)F)N(Cc1ccc2c(c1)CCO2)C1CCCC1. The van der Waals surface area contributed by atoms with Crippen LogP contribution in [0.4, 0.5) is 18.0 Å². The number of urea groups is 1. The van der Waals surface area contributed by atoms with Crippen molar-refractivity contribution in [2.75, 3.05) is 13.2 Å². The highest BCUT2D eigenvalue weighted by Crippen LogP contribution is 2.29. The van der Waals surface area contributed by atoms with Crippen molar-refractivity contribution in [3.05, 3.63) is 29.3 Å². The van der Waals surface area contributed by atoms with E-state index in [2.05, 4.69) is 0 Å². The molecule has 1 aromatic carbocycles. The molecule has 1 N–H and O–H groups in total. The summed E-state index contributed by atoms with van der Waals surface area (Å²) in [6.07, 6.45) is 0.118. The molecule has 1 aromatic rings. The van der Waals surface area contributed by atoms with Gasteiger partial charge in [-0.1, -0.05) is 25.0 Å². The predicted octanol–water partition coefficient (Wildman–Crippen LogP) is 3.64. The van der Waals surface area contributed by atoms with Crippen LogP contribution in [-0.2, 0) is 13.0 Å². The molecule has 1 saturated carbocycles. The van der Waals surface area contributed by atoms with E-state index in [0.29, 0.717) is 13.2 Å². The van der Waals surface area contributed by atoms with Gasteiger partial charge in [0.05, 0.1) is 6.61 Å². The van der Waals surface area contributed by atoms with E-state index < -0.39 is 18.8 Å². The molecule has 4 nitrogen and oxygen atoms in total. The number of nitrogens with one attached hydrogen (secondary N) is 1. The summed E-state index contributed by atoms with van der Waals surface area (Å²) in [6.45, 7) is -0.327. The highest BCUT2D eigenvalue weighted by molar-refractivity contribution is 5.74. The Morgan fingerprint density at radius 3 is 2.75 bits per heavy atom. The zero-order valence-corrected chi connectivity index (χ0v) is 13.4. The lowest BCUT2D eigenvalue weighted by Gasteiger charge is -2.29. The molecule has 0 unspecified atom stereocenters. The van der Waals surface area contributed by atoms with E-state index in [1.54, 1.807) is 4.90 Å². The van der Waals surface area contributed by atoms with E-state index in [1.807, 2.05) is 23.5 Å². The molecule has 24 heavy (non-hydrogen) atoms. The van der Waals surface area contributed by atoms with Crippen LogP contribution >= 0.6 is 0 Å². The van der Waals surface area contributed by atoms with Crippen molar-refractivity contribution in [1.29, 1.82) is 0 Å². The van der Waals surface area contributed by atoms with Crippen molar-refractivity contribution in [2.24, 2.45) is 0 Å². The summed E-state index contributed by atoms with van der Waals surface area (Å²) in [7, 11) is 0. The van der Waals surface area contributed by atoms with Crippen LogP contribution in [0.3, 0.4) is 0 Å². The first kappa shape index (κ1) is 16.9. The van der Waals surface area contributed by atoms with Crippen molar-refractivity contribution in [2.45, 2.75) is 50.9 Å². The second-order valence-corrected chi connectivity index (χ2v) is 6.38. The minimum Gasteiger partial charge on any atom is -0.493 e. The van der Waals surface area contributed by atoms with Gasteiger partial charge in [-0.25, -0.2) is 4.79 Å². The van der Waals surface area contributed by atoms with Gasteiger partial charge in [0.2, 0.25) is 0 Å². The number of alkyl halides is 3. The number of rotatable bonds is 4. The zero-order chi connectivity index (χ0) is 17.2. The Labute approximate surface area is 139 Å². The Kier molecular flexibility index (Phi) is 4.87. The molecule has 0 radical (unpaired) electrons.